The quantitative estimate of drug-likeness (QED) is 0.564. The number of nitrogens with two attached hydrogens (primary N) is 1. The van der Waals surface area contributed by atoms with Crippen LogP contribution < -0.4 is 11.1 Å². The predicted octanol–water partition coefficient (Wildman–Crippen LogP) is 0.0601. The van der Waals surface area contributed by atoms with Gasteiger partial charge < -0.3 is 30.3 Å². The summed E-state index contributed by atoms with van der Waals surface area (Å²) in [5.74, 6) is -0.616. The van der Waals surface area contributed by atoms with E-state index in [1.165, 1.54) is 23.3 Å². The van der Waals surface area contributed by atoms with Crippen molar-refractivity contribution in [1.29, 1.82) is 0 Å². The molecule has 2 aliphatic rings. The van der Waals surface area contributed by atoms with E-state index >= 15 is 0 Å². The topological polar surface area (TPSA) is 114 Å². The van der Waals surface area contributed by atoms with Gasteiger partial charge in [-0.15, -0.1) is 11.3 Å². The number of likely N-dealkylation sites (tertiary alicyclic amines) is 1. The van der Waals surface area contributed by atoms with Crippen LogP contribution in [0.3, 0.4) is 0 Å². The Labute approximate surface area is 180 Å². The summed E-state index contributed by atoms with van der Waals surface area (Å²) >= 11 is 1.38. The SMILES string of the molecule is COCC(=O)N1CC(N(CC2CCCO2)C(=O)c2cccs2)CC1C(=O)NCCN. The van der Waals surface area contributed by atoms with Crippen molar-refractivity contribution < 1.29 is 23.9 Å². The molecule has 0 spiro atoms. The number of amides is 3. The van der Waals surface area contributed by atoms with Gasteiger partial charge in [0.15, 0.2) is 0 Å². The normalized spacial score (nSPS) is 23.5. The van der Waals surface area contributed by atoms with Crippen molar-refractivity contribution in [2.75, 3.05) is 46.5 Å². The number of nitrogens with one attached hydrogen (secondary N) is 1. The second-order valence-corrected chi connectivity index (χ2v) is 8.48. The Morgan fingerprint density at radius 2 is 2.27 bits per heavy atom. The lowest BCUT2D eigenvalue weighted by Crippen LogP contribution is -2.48. The maximum atomic E-state index is 13.3. The van der Waals surface area contributed by atoms with Gasteiger partial charge in [0, 0.05) is 39.9 Å². The molecule has 0 aliphatic carbocycles. The van der Waals surface area contributed by atoms with Gasteiger partial charge in [-0.2, -0.15) is 0 Å². The molecule has 10 heteroatoms. The highest BCUT2D eigenvalue weighted by molar-refractivity contribution is 7.12. The van der Waals surface area contributed by atoms with Crippen LogP contribution in [0.4, 0.5) is 0 Å². The molecule has 3 rings (SSSR count). The van der Waals surface area contributed by atoms with Gasteiger partial charge in [-0.1, -0.05) is 6.07 Å². The number of nitrogens with zero attached hydrogens (tertiary/aromatic N) is 2. The molecule has 1 aromatic rings. The lowest BCUT2D eigenvalue weighted by molar-refractivity contribution is -0.141. The summed E-state index contributed by atoms with van der Waals surface area (Å²) < 4.78 is 10.8. The molecule has 3 unspecified atom stereocenters. The number of carbonyl (C=O) groups is 3. The van der Waals surface area contributed by atoms with Crippen LogP contribution in [0.25, 0.3) is 0 Å². The van der Waals surface area contributed by atoms with E-state index in [2.05, 4.69) is 5.32 Å². The minimum absolute atomic E-state index is 0.0258. The van der Waals surface area contributed by atoms with E-state index in [1.54, 1.807) is 11.0 Å². The molecule has 0 radical (unpaired) electrons. The molecular formula is C20H30N4O5S. The highest BCUT2D eigenvalue weighted by Gasteiger charge is 2.43. The predicted molar refractivity (Wildman–Crippen MR) is 112 cm³/mol. The van der Waals surface area contributed by atoms with Gasteiger partial charge in [-0.3, -0.25) is 14.4 Å². The largest absolute Gasteiger partial charge is 0.376 e. The van der Waals surface area contributed by atoms with Crippen LogP contribution in [0.2, 0.25) is 0 Å². The minimum atomic E-state index is -0.660. The molecule has 3 amide bonds. The fourth-order valence-corrected chi connectivity index (χ4v) is 4.71. The Hall–Kier alpha value is -2.01. The summed E-state index contributed by atoms with van der Waals surface area (Å²) in [6.45, 7) is 1.96. The van der Waals surface area contributed by atoms with Crippen LogP contribution in [0.15, 0.2) is 17.5 Å². The number of ether oxygens (including phenoxy) is 2. The van der Waals surface area contributed by atoms with E-state index in [0.29, 0.717) is 37.5 Å². The molecule has 2 aliphatic heterocycles. The fourth-order valence-electron chi connectivity index (χ4n) is 4.03. The van der Waals surface area contributed by atoms with E-state index in [9.17, 15) is 14.4 Å². The maximum Gasteiger partial charge on any atom is 0.264 e. The first-order valence-electron chi connectivity index (χ1n) is 10.3. The van der Waals surface area contributed by atoms with Gasteiger partial charge in [0.2, 0.25) is 11.8 Å². The van der Waals surface area contributed by atoms with E-state index in [-0.39, 0.29) is 43.0 Å². The lowest BCUT2D eigenvalue weighted by atomic mass is 10.1. The summed E-state index contributed by atoms with van der Waals surface area (Å²) in [6.07, 6.45) is 2.21. The zero-order valence-corrected chi connectivity index (χ0v) is 18.1. The number of hydrogen-bond donors (Lipinski definition) is 2. The molecule has 30 heavy (non-hydrogen) atoms. The lowest BCUT2D eigenvalue weighted by Gasteiger charge is -2.30. The Morgan fingerprint density at radius 3 is 2.90 bits per heavy atom. The first-order chi connectivity index (χ1) is 14.5. The van der Waals surface area contributed by atoms with Crippen molar-refractivity contribution in [3.8, 4) is 0 Å². The van der Waals surface area contributed by atoms with Crippen molar-refractivity contribution in [3.63, 3.8) is 0 Å². The van der Waals surface area contributed by atoms with Gasteiger partial charge in [-0.25, -0.2) is 0 Å². The highest BCUT2D eigenvalue weighted by Crippen LogP contribution is 2.27. The average molecular weight is 439 g/mol. The van der Waals surface area contributed by atoms with Crippen LogP contribution in [0, 0.1) is 0 Å². The number of methoxy groups -OCH3 is 1. The summed E-state index contributed by atoms with van der Waals surface area (Å²) in [5, 5.41) is 4.63. The summed E-state index contributed by atoms with van der Waals surface area (Å²) in [6, 6.07) is 2.70. The van der Waals surface area contributed by atoms with Crippen molar-refractivity contribution in [3.05, 3.63) is 22.4 Å². The third-order valence-electron chi connectivity index (χ3n) is 5.47. The number of thiophene rings is 1. The van der Waals surface area contributed by atoms with Gasteiger partial charge in [-0.05, 0) is 30.7 Å². The molecule has 3 N–H and O–H groups in total. The fraction of sp³-hybridized carbons (Fsp3) is 0.650. The third kappa shape index (κ3) is 5.37. The van der Waals surface area contributed by atoms with Crippen molar-refractivity contribution in [2.24, 2.45) is 5.73 Å². The first kappa shape index (κ1) is 22.7. The second kappa shape index (κ2) is 10.9. The molecule has 2 saturated heterocycles. The highest BCUT2D eigenvalue weighted by atomic mass is 32.1. The zero-order chi connectivity index (χ0) is 21.5. The third-order valence-corrected chi connectivity index (χ3v) is 6.33. The molecule has 1 aromatic heterocycles. The second-order valence-electron chi connectivity index (χ2n) is 7.53. The number of rotatable bonds is 9. The first-order valence-corrected chi connectivity index (χ1v) is 11.1. The van der Waals surface area contributed by atoms with Crippen LogP contribution in [-0.4, -0.2) is 92.2 Å². The van der Waals surface area contributed by atoms with E-state index < -0.39 is 6.04 Å². The van der Waals surface area contributed by atoms with Crippen LogP contribution >= 0.6 is 11.3 Å². The number of hydrogen-bond acceptors (Lipinski definition) is 7. The molecule has 0 bridgehead atoms. The van der Waals surface area contributed by atoms with Gasteiger partial charge in [0.05, 0.1) is 17.0 Å². The van der Waals surface area contributed by atoms with Crippen LogP contribution in [0.1, 0.15) is 28.9 Å². The Kier molecular flexibility index (Phi) is 8.20. The van der Waals surface area contributed by atoms with Gasteiger partial charge >= 0.3 is 0 Å². The smallest absolute Gasteiger partial charge is 0.264 e. The van der Waals surface area contributed by atoms with E-state index in [0.717, 1.165) is 12.8 Å². The van der Waals surface area contributed by atoms with Gasteiger partial charge in [0.25, 0.3) is 5.91 Å². The monoisotopic (exact) mass is 438 g/mol. The zero-order valence-electron chi connectivity index (χ0n) is 17.2. The Bertz CT molecular complexity index is 723. The average Bonchev–Trinajstić information content (AvgIpc) is 3.51. The van der Waals surface area contributed by atoms with Crippen molar-refractivity contribution >= 4 is 29.1 Å². The summed E-state index contributed by atoms with van der Waals surface area (Å²) in [4.78, 5) is 42.5. The minimum Gasteiger partial charge on any atom is -0.376 e. The Balaban J connectivity index is 1.81. The molecule has 2 fully saturated rings. The molecular weight excluding hydrogens is 408 g/mol. The molecule has 0 aromatic carbocycles. The van der Waals surface area contributed by atoms with Crippen molar-refractivity contribution in [1.82, 2.24) is 15.1 Å². The van der Waals surface area contributed by atoms with Crippen LogP contribution in [0.5, 0.6) is 0 Å². The van der Waals surface area contributed by atoms with Crippen molar-refractivity contribution in [2.45, 2.75) is 37.5 Å². The standard InChI is InChI=1S/C20H30N4O5S/c1-28-13-18(25)24-11-14(10-16(24)19(26)22-7-6-21)23(12-15-4-2-8-29-15)20(27)17-5-3-9-30-17/h3,5,9,14-16H,2,4,6-8,10-13,21H2,1H3,(H,22,26). The molecule has 9 nitrogen and oxygen atoms in total. The summed E-state index contributed by atoms with van der Waals surface area (Å²) in [5.41, 5.74) is 5.50. The molecule has 166 valence electrons. The maximum absolute atomic E-state index is 13.3. The number of carbonyl (C=O) groups excluding carboxylic acids is 3. The van der Waals surface area contributed by atoms with Crippen LogP contribution in [-0.2, 0) is 19.1 Å². The molecule has 3 heterocycles. The Morgan fingerprint density at radius 1 is 1.43 bits per heavy atom. The van der Waals surface area contributed by atoms with Gasteiger partial charge in [0.1, 0.15) is 12.6 Å². The summed E-state index contributed by atoms with van der Waals surface area (Å²) in [7, 11) is 1.44. The van der Waals surface area contributed by atoms with E-state index in [1.807, 2.05) is 11.4 Å². The van der Waals surface area contributed by atoms with E-state index in [4.69, 9.17) is 15.2 Å². The molecule has 0 saturated carbocycles. The molecule has 3 atom stereocenters.